The fourth-order valence-corrected chi connectivity index (χ4v) is 12.5. The van der Waals surface area contributed by atoms with Crippen LogP contribution in [0.25, 0.3) is 4.65 Å². The SMILES string of the molecule is CC(C)(C)c1cc(CN2CCOCCOCCOCCOCC2)c([O-])c(C(C)(C)C)c1.C[Si](C)(C)[N-][Si](C)(C)C.[Yb+2]. The Bertz CT molecular complexity index is 834. The quantitative estimate of drug-likeness (QED) is 0.337. The summed E-state index contributed by atoms with van der Waals surface area (Å²) in [5.74, 6) is 0.153. The smallest absolute Gasteiger partial charge is 0.872 e. The Hall–Kier alpha value is 0.733. The van der Waals surface area contributed by atoms with Crippen LogP contribution in [0.3, 0.4) is 0 Å². The van der Waals surface area contributed by atoms with E-state index in [2.05, 4.69) is 97.9 Å². The first-order valence-corrected chi connectivity index (χ1v) is 21.8. The predicted molar refractivity (Wildman–Crippen MR) is 172 cm³/mol. The number of nitrogens with zero attached hydrogens (tertiary/aromatic N) is 2. The monoisotopic (exact) mass is 770 g/mol. The summed E-state index contributed by atoms with van der Waals surface area (Å²) in [5, 5.41) is 13.3. The molecule has 0 N–H and O–H groups in total. The van der Waals surface area contributed by atoms with Crippen LogP contribution in [0.4, 0.5) is 0 Å². The first-order chi connectivity index (χ1) is 18.3. The van der Waals surface area contributed by atoms with Crippen molar-refractivity contribution in [1.29, 1.82) is 0 Å². The minimum atomic E-state index is -1.11. The summed E-state index contributed by atoms with van der Waals surface area (Å²) in [6, 6.07) is 4.19. The fourth-order valence-electron chi connectivity index (χ4n) is 4.46. The van der Waals surface area contributed by atoms with Crippen LogP contribution >= 0.6 is 0 Å². The third-order valence-corrected chi connectivity index (χ3v) is 11.5. The van der Waals surface area contributed by atoms with E-state index >= 15 is 0 Å². The van der Waals surface area contributed by atoms with Crippen molar-refractivity contribution in [2.45, 2.75) is 98.2 Å². The average Bonchev–Trinajstić information content (AvgIpc) is 2.77. The maximum absolute atomic E-state index is 13.3. The summed E-state index contributed by atoms with van der Waals surface area (Å²) in [7, 11) is -2.21. The van der Waals surface area contributed by atoms with Crippen LogP contribution in [0, 0.1) is 46.9 Å². The average molecular weight is 770 g/mol. The summed E-state index contributed by atoms with van der Waals surface area (Å²) in [6.45, 7) is 33.3. The first kappa shape index (κ1) is 41.7. The molecule has 1 fully saturated rings. The Morgan fingerprint density at radius 1 is 0.683 bits per heavy atom. The molecule has 2 rings (SSSR count). The molecule has 1 aliphatic rings. The van der Waals surface area contributed by atoms with Crippen LogP contribution in [0.2, 0.25) is 39.3 Å². The Morgan fingerprint density at radius 2 is 1.07 bits per heavy atom. The molecule has 0 amide bonds. The van der Waals surface area contributed by atoms with E-state index < -0.39 is 16.5 Å². The maximum atomic E-state index is 13.3. The zero-order valence-electron chi connectivity index (χ0n) is 28.1. The van der Waals surface area contributed by atoms with Gasteiger partial charge in [-0.15, -0.1) is 5.75 Å². The van der Waals surface area contributed by atoms with Gasteiger partial charge in [0.25, 0.3) is 0 Å². The summed E-state index contributed by atoms with van der Waals surface area (Å²) in [5.41, 5.74) is 2.71. The molecule has 1 saturated heterocycles. The van der Waals surface area contributed by atoms with Gasteiger partial charge in [0.05, 0.1) is 52.9 Å². The summed E-state index contributed by atoms with van der Waals surface area (Å²) < 4.78 is 27.3. The molecule has 1 aromatic rings. The van der Waals surface area contributed by atoms with Crippen LogP contribution in [0.1, 0.15) is 58.2 Å². The molecule has 0 aliphatic carbocycles. The molecule has 1 aromatic carbocycles. The van der Waals surface area contributed by atoms with E-state index in [9.17, 15) is 5.11 Å². The Kier molecular flexibility index (Phi) is 19.6. The van der Waals surface area contributed by atoms with Crippen molar-refractivity contribution in [3.63, 3.8) is 0 Å². The molecule has 0 unspecified atom stereocenters. The molecule has 10 heteroatoms. The molecule has 0 radical (unpaired) electrons. The van der Waals surface area contributed by atoms with Gasteiger partial charge in [0.15, 0.2) is 0 Å². The summed E-state index contributed by atoms with van der Waals surface area (Å²) >= 11 is 0. The first-order valence-electron chi connectivity index (χ1n) is 14.9. The van der Waals surface area contributed by atoms with Gasteiger partial charge in [0.2, 0.25) is 0 Å². The molecule has 1 aliphatic heterocycles. The van der Waals surface area contributed by atoms with E-state index in [1.807, 2.05) is 0 Å². The van der Waals surface area contributed by atoms with E-state index in [0.717, 1.165) is 24.2 Å². The zero-order valence-corrected chi connectivity index (χ0v) is 31.9. The fraction of sp³-hybridized carbons (Fsp3) is 0.806. The largest absolute Gasteiger partial charge is 2.00 e. The van der Waals surface area contributed by atoms with Crippen LogP contribution in [-0.4, -0.2) is 87.3 Å². The van der Waals surface area contributed by atoms with Crippen LogP contribution < -0.4 is 5.11 Å². The van der Waals surface area contributed by atoms with E-state index in [-0.39, 0.29) is 63.5 Å². The van der Waals surface area contributed by atoms with Gasteiger partial charge < -0.3 is 28.7 Å². The molecule has 7 nitrogen and oxygen atoms in total. The van der Waals surface area contributed by atoms with Crippen molar-refractivity contribution < 1.29 is 71.0 Å². The number of hydrogen-bond donors (Lipinski definition) is 0. The number of rotatable bonds is 4. The van der Waals surface area contributed by atoms with Crippen LogP contribution in [-0.2, 0) is 36.3 Å². The second-order valence-corrected chi connectivity index (χ2v) is 24.3. The Labute approximate surface area is 293 Å². The molecule has 0 bridgehead atoms. The van der Waals surface area contributed by atoms with E-state index in [4.69, 9.17) is 23.6 Å². The molecule has 0 atom stereocenters. The molecule has 0 saturated carbocycles. The summed E-state index contributed by atoms with van der Waals surface area (Å²) in [4.78, 5) is 2.25. The Morgan fingerprint density at radius 3 is 1.39 bits per heavy atom. The van der Waals surface area contributed by atoms with Crippen molar-refractivity contribution in [3.05, 3.63) is 33.5 Å². The van der Waals surface area contributed by atoms with Gasteiger partial charge in [-0.3, -0.25) is 4.90 Å². The van der Waals surface area contributed by atoms with Crippen LogP contribution in [0.5, 0.6) is 5.75 Å². The normalized spacial score (nSPS) is 17.9. The van der Waals surface area contributed by atoms with Crippen molar-refractivity contribution in [2.24, 2.45) is 0 Å². The molecular weight excluding hydrogens is 710 g/mol. The zero-order chi connectivity index (χ0) is 30.6. The third-order valence-electron chi connectivity index (χ3n) is 6.12. The van der Waals surface area contributed by atoms with Gasteiger partial charge in [-0.05, 0) is 27.5 Å². The molecule has 246 valence electrons. The van der Waals surface area contributed by atoms with Crippen molar-refractivity contribution in [2.75, 3.05) is 65.9 Å². The minimum Gasteiger partial charge on any atom is -0.872 e. The maximum Gasteiger partial charge on any atom is 2.00 e. The molecule has 41 heavy (non-hydrogen) atoms. The standard InChI is InChI=1S/C25H43NO5.C6H18NSi2.Yb/c1-24(2,3)21-17-20(23(27)22(18-21)25(4,5)6)19-26-7-9-28-11-13-30-15-16-31-14-12-29-10-8-26;1-8(2,3)7-9(4,5)6;/h17-18,27H,7-16,19H2,1-6H3;1-6H3;/q;-1;+2/p-1. The number of benzene rings is 1. The van der Waals surface area contributed by atoms with E-state index in [1.165, 1.54) is 5.56 Å². The second-order valence-electron chi connectivity index (χ2n) is 14.7. The van der Waals surface area contributed by atoms with Crippen molar-refractivity contribution >= 4 is 16.5 Å². The van der Waals surface area contributed by atoms with Gasteiger partial charge in [0, 0.05) is 19.6 Å². The number of ether oxygens (including phenoxy) is 4. The van der Waals surface area contributed by atoms with Crippen molar-refractivity contribution in [1.82, 2.24) is 4.90 Å². The molecule has 0 spiro atoms. The van der Waals surface area contributed by atoms with Crippen molar-refractivity contribution in [3.8, 4) is 5.75 Å². The third kappa shape index (κ3) is 19.7. The summed E-state index contributed by atoms with van der Waals surface area (Å²) in [6.07, 6.45) is 0. The molecular formula is C31H60N2O5Si2Yb. The van der Waals surface area contributed by atoms with Crippen LogP contribution in [0.15, 0.2) is 12.1 Å². The minimum absolute atomic E-state index is 0. The predicted octanol–water partition coefficient (Wildman–Crippen LogP) is 6.27. The number of hydrogen-bond acceptors (Lipinski definition) is 6. The topological polar surface area (TPSA) is 77.3 Å². The molecule has 0 aromatic heterocycles. The van der Waals surface area contributed by atoms with Gasteiger partial charge >= 0.3 is 46.9 Å². The van der Waals surface area contributed by atoms with Gasteiger partial charge in [-0.1, -0.05) is 109 Å². The van der Waals surface area contributed by atoms with Gasteiger partial charge in [-0.25, -0.2) is 0 Å². The second kappa shape index (κ2) is 19.3. The van der Waals surface area contributed by atoms with E-state index in [1.54, 1.807) is 0 Å². The van der Waals surface area contributed by atoms with Gasteiger partial charge in [0.1, 0.15) is 0 Å². The van der Waals surface area contributed by atoms with Gasteiger partial charge in [-0.2, -0.15) is 0 Å². The molecule has 1 heterocycles. The van der Waals surface area contributed by atoms with E-state index in [0.29, 0.717) is 59.4 Å². The Balaban J connectivity index is 0.00000138.